The highest BCUT2D eigenvalue weighted by molar-refractivity contribution is 6.11. The first-order valence-corrected chi connectivity index (χ1v) is 24.2. The topological polar surface area (TPSA) is 11.4 Å². The standard InChI is InChI=1S/C67H45N3/c1-5-18-46(19-6-1)47-32-37-53(38-33-47)68(55-41-43-63-59(45-55)57-26-13-15-29-62(57)69(63)51-22-9-3-10-23-51)54-39-34-48(35-40-54)49-36-42-56-58-27-17-31-65-66(58)67(61(56)44-49,50-20-7-2-8-21-50)60-28-14-16-30-64(60)70(65)52-24-11-4-12-25-52/h1-45H. The average molecular weight is 892 g/mol. The molecule has 1 aliphatic heterocycles. The molecule has 14 rings (SSSR count). The van der Waals surface area contributed by atoms with E-state index >= 15 is 0 Å². The minimum atomic E-state index is -0.522. The maximum Gasteiger partial charge on any atom is 0.0754 e. The second-order valence-electron chi connectivity index (χ2n) is 18.4. The first-order valence-electron chi connectivity index (χ1n) is 24.2. The zero-order valence-corrected chi connectivity index (χ0v) is 38.3. The molecule has 0 amide bonds. The highest BCUT2D eigenvalue weighted by atomic mass is 15.2. The van der Waals surface area contributed by atoms with Crippen molar-refractivity contribution >= 4 is 55.9 Å². The van der Waals surface area contributed by atoms with E-state index in [1.165, 1.54) is 88.8 Å². The van der Waals surface area contributed by atoms with Gasteiger partial charge < -0.3 is 14.4 Å². The molecule has 1 atom stereocenters. The average Bonchev–Trinajstić information content (AvgIpc) is 3.94. The molecular weight excluding hydrogens is 847 g/mol. The Balaban J connectivity index is 0.916. The fourth-order valence-electron chi connectivity index (χ4n) is 11.8. The Hall–Kier alpha value is -9.18. The molecular formula is C67H45N3. The lowest BCUT2D eigenvalue weighted by Gasteiger charge is -2.44. The number of benzene rings is 11. The van der Waals surface area contributed by atoms with Gasteiger partial charge in [-0.3, -0.25) is 0 Å². The van der Waals surface area contributed by atoms with Crippen LogP contribution < -0.4 is 9.80 Å². The molecule has 2 heterocycles. The molecule has 1 aliphatic carbocycles. The number of para-hydroxylation sites is 4. The monoisotopic (exact) mass is 891 g/mol. The number of rotatable bonds is 8. The third-order valence-electron chi connectivity index (χ3n) is 14.8. The number of anilines is 6. The fourth-order valence-corrected chi connectivity index (χ4v) is 11.8. The summed E-state index contributed by atoms with van der Waals surface area (Å²) < 4.78 is 2.38. The van der Waals surface area contributed by atoms with Gasteiger partial charge in [0.1, 0.15) is 0 Å². The van der Waals surface area contributed by atoms with Crippen molar-refractivity contribution in [2.45, 2.75) is 5.41 Å². The summed E-state index contributed by atoms with van der Waals surface area (Å²) in [5.74, 6) is 0. The van der Waals surface area contributed by atoms with Crippen LogP contribution in [0.5, 0.6) is 0 Å². The van der Waals surface area contributed by atoms with Crippen LogP contribution in [0.25, 0.3) is 60.9 Å². The van der Waals surface area contributed by atoms with E-state index < -0.39 is 5.41 Å². The Bertz CT molecular complexity index is 3920. The van der Waals surface area contributed by atoms with Crippen LogP contribution in [0.2, 0.25) is 0 Å². The molecule has 0 saturated heterocycles. The smallest absolute Gasteiger partial charge is 0.0754 e. The van der Waals surface area contributed by atoms with Crippen LogP contribution in [0, 0.1) is 0 Å². The predicted octanol–water partition coefficient (Wildman–Crippen LogP) is 17.7. The van der Waals surface area contributed by atoms with Gasteiger partial charge in [0.2, 0.25) is 0 Å². The van der Waals surface area contributed by atoms with E-state index in [0.717, 1.165) is 28.4 Å². The van der Waals surface area contributed by atoms with E-state index in [4.69, 9.17) is 0 Å². The van der Waals surface area contributed by atoms with Gasteiger partial charge in [-0.05, 0) is 141 Å². The van der Waals surface area contributed by atoms with Crippen molar-refractivity contribution in [2.75, 3.05) is 9.80 Å². The van der Waals surface area contributed by atoms with Crippen LogP contribution in [0.3, 0.4) is 0 Å². The van der Waals surface area contributed by atoms with Crippen molar-refractivity contribution in [2.24, 2.45) is 0 Å². The van der Waals surface area contributed by atoms with Gasteiger partial charge in [-0.15, -0.1) is 0 Å². The molecule has 0 radical (unpaired) electrons. The van der Waals surface area contributed by atoms with Gasteiger partial charge in [0.25, 0.3) is 0 Å². The Morgan fingerprint density at radius 2 is 0.857 bits per heavy atom. The summed E-state index contributed by atoms with van der Waals surface area (Å²) >= 11 is 0. The van der Waals surface area contributed by atoms with Crippen LogP contribution in [-0.2, 0) is 5.41 Å². The highest BCUT2D eigenvalue weighted by Gasteiger charge is 2.52. The van der Waals surface area contributed by atoms with E-state index in [9.17, 15) is 0 Å². The van der Waals surface area contributed by atoms with Crippen molar-refractivity contribution in [1.29, 1.82) is 0 Å². The summed E-state index contributed by atoms with van der Waals surface area (Å²) in [6, 6.07) is 100. The number of nitrogens with zero attached hydrogens (tertiary/aromatic N) is 3. The molecule has 2 aliphatic rings. The van der Waals surface area contributed by atoms with E-state index in [1.807, 2.05) is 0 Å². The minimum Gasteiger partial charge on any atom is -0.310 e. The molecule has 0 N–H and O–H groups in total. The summed E-state index contributed by atoms with van der Waals surface area (Å²) in [5, 5.41) is 2.44. The van der Waals surface area contributed by atoms with Crippen molar-refractivity contribution < 1.29 is 0 Å². The van der Waals surface area contributed by atoms with Crippen molar-refractivity contribution in [3.63, 3.8) is 0 Å². The van der Waals surface area contributed by atoms with Crippen molar-refractivity contribution in [3.05, 3.63) is 295 Å². The van der Waals surface area contributed by atoms with E-state index in [0.29, 0.717) is 0 Å². The number of hydrogen-bond acceptors (Lipinski definition) is 2. The summed E-state index contributed by atoms with van der Waals surface area (Å²) in [5.41, 5.74) is 22.4. The molecule has 12 aromatic rings. The molecule has 3 heteroatoms. The summed E-state index contributed by atoms with van der Waals surface area (Å²) in [6.07, 6.45) is 0. The van der Waals surface area contributed by atoms with Gasteiger partial charge in [0, 0.05) is 44.8 Å². The van der Waals surface area contributed by atoms with Crippen LogP contribution >= 0.6 is 0 Å². The largest absolute Gasteiger partial charge is 0.310 e. The molecule has 0 bridgehead atoms. The molecule has 1 unspecified atom stereocenters. The molecule has 1 aromatic heterocycles. The van der Waals surface area contributed by atoms with Gasteiger partial charge in [0.15, 0.2) is 0 Å². The van der Waals surface area contributed by atoms with Gasteiger partial charge in [-0.1, -0.05) is 182 Å². The zero-order valence-electron chi connectivity index (χ0n) is 38.3. The fraction of sp³-hybridized carbons (Fsp3) is 0.0149. The third-order valence-corrected chi connectivity index (χ3v) is 14.8. The second kappa shape index (κ2) is 16.0. The van der Waals surface area contributed by atoms with Crippen molar-refractivity contribution in [3.8, 4) is 39.1 Å². The van der Waals surface area contributed by atoms with Crippen LogP contribution in [0.4, 0.5) is 34.1 Å². The molecule has 0 saturated carbocycles. The minimum absolute atomic E-state index is 0.522. The van der Waals surface area contributed by atoms with Gasteiger partial charge in [0.05, 0.1) is 27.8 Å². The van der Waals surface area contributed by atoms with Crippen LogP contribution in [0.1, 0.15) is 22.3 Å². The van der Waals surface area contributed by atoms with E-state index in [1.54, 1.807) is 0 Å². The molecule has 11 aromatic carbocycles. The Labute approximate surface area is 408 Å². The summed E-state index contributed by atoms with van der Waals surface area (Å²) in [4.78, 5) is 4.86. The first-order chi connectivity index (χ1) is 34.7. The lowest BCUT2D eigenvalue weighted by Crippen LogP contribution is -2.35. The molecule has 70 heavy (non-hydrogen) atoms. The second-order valence-corrected chi connectivity index (χ2v) is 18.4. The Morgan fingerprint density at radius 3 is 1.59 bits per heavy atom. The number of fused-ring (bicyclic) bond motifs is 8. The summed E-state index contributed by atoms with van der Waals surface area (Å²) in [7, 11) is 0. The number of hydrogen-bond donors (Lipinski definition) is 0. The quantitative estimate of drug-likeness (QED) is 0.151. The lowest BCUT2D eigenvalue weighted by atomic mass is 9.64. The highest BCUT2D eigenvalue weighted by Crippen LogP contribution is 2.65. The van der Waals surface area contributed by atoms with Gasteiger partial charge in [-0.2, -0.15) is 0 Å². The lowest BCUT2D eigenvalue weighted by molar-refractivity contribution is 0.754. The summed E-state index contributed by atoms with van der Waals surface area (Å²) in [6.45, 7) is 0. The van der Waals surface area contributed by atoms with E-state index in [-0.39, 0.29) is 0 Å². The Morgan fingerprint density at radius 1 is 0.314 bits per heavy atom. The first kappa shape index (κ1) is 39.9. The maximum absolute atomic E-state index is 2.48. The molecule has 328 valence electrons. The molecule has 0 spiro atoms. The van der Waals surface area contributed by atoms with E-state index in [2.05, 4.69) is 287 Å². The molecule has 0 fully saturated rings. The van der Waals surface area contributed by atoms with Gasteiger partial charge in [-0.25, -0.2) is 0 Å². The maximum atomic E-state index is 2.48. The third kappa shape index (κ3) is 6.01. The molecule has 3 nitrogen and oxygen atoms in total. The zero-order chi connectivity index (χ0) is 46.2. The number of aromatic nitrogens is 1. The van der Waals surface area contributed by atoms with Crippen LogP contribution in [0.15, 0.2) is 273 Å². The SMILES string of the molecule is c1ccc(-c2ccc(N(c3ccc(-c4ccc5c(c4)C4(c6ccccc6)c6ccccc6N(c6ccccc6)c6cccc-5c64)cc3)c3ccc4c(c3)c3ccccc3n4-c3ccccc3)cc2)cc1. The Kier molecular flexibility index (Phi) is 9.11. The van der Waals surface area contributed by atoms with Crippen molar-refractivity contribution in [1.82, 2.24) is 4.57 Å². The van der Waals surface area contributed by atoms with Crippen LogP contribution in [-0.4, -0.2) is 4.57 Å². The normalized spacial score (nSPS) is 14.3. The van der Waals surface area contributed by atoms with Gasteiger partial charge >= 0.3 is 0 Å². The predicted molar refractivity (Wildman–Crippen MR) is 292 cm³/mol.